The zero-order valence-electron chi connectivity index (χ0n) is 14.3. The van der Waals surface area contributed by atoms with Gasteiger partial charge in [0.1, 0.15) is 11.6 Å². The molecule has 2 saturated heterocycles. The first-order valence-electron chi connectivity index (χ1n) is 8.13. The maximum Gasteiger partial charge on any atom is 0.411 e. The first-order chi connectivity index (χ1) is 10.3. The monoisotopic (exact) mass is 314 g/mol. The van der Waals surface area contributed by atoms with Crippen molar-refractivity contribution in [1.82, 2.24) is 10.2 Å². The molecular formula is C16H30N2O4. The van der Waals surface area contributed by atoms with Crippen LogP contribution in [-0.2, 0) is 14.3 Å². The van der Waals surface area contributed by atoms with Gasteiger partial charge in [0.15, 0.2) is 0 Å². The minimum atomic E-state index is -0.541. The van der Waals surface area contributed by atoms with Crippen LogP contribution in [0.4, 0.5) is 4.79 Å². The van der Waals surface area contributed by atoms with Crippen LogP contribution in [0.5, 0.6) is 0 Å². The van der Waals surface area contributed by atoms with E-state index in [0.29, 0.717) is 13.0 Å². The zero-order chi connectivity index (χ0) is 16.6. The van der Waals surface area contributed by atoms with Crippen molar-refractivity contribution in [2.45, 2.75) is 64.5 Å². The van der Waals surface area contributed by atoms with Gasteiger partial charge in [-0.25, -0.2) is 9.59 Å². The number of ether oxygens (including phenoxy) is 2. The molecule has 0 aromatic carbocycles. The number of piperidine rings is 1. The predicted octanol–water partition coefficient (Wildman–Crippen LogP) is 2.32. The summed E-state index contributed by atoms with van der Waals surface area (Å²) < 4.78 is 9.88. The van der Waals surface area contributed by atoms with Gasteiger partial charge in [-0.1, -0.05) is 6.42 Å². The maximum absolute atomic E-state index is 11.8. The average Bonchev–Trinajstić information content (AvgIpc) is 2.97. The highest BCUT2D eigenvalue weighted by molar-refractivity contribution is 5.82. The van der Waals surface area contributed by atoms with Crippen molar-refractivity contribution in [3.05, 3.63) is 0 Å². The van der Waals surface area contributed by atoms with Gasteiger partial charge >= 0.3 is 12.1 Å². The molecule has 2 fully saturated rings. The molecule has 0 aliphatic carbocycles. The van der Waals surface area contributed by atoms with Crippen LogP contribution in [0.1, 0.15) is 52.9 Å². The Hall–Kier alpha value is -1.30. The summed E-state index contributed by atoms with van der Waals surface area (Å²) in [5, 5.41) is 3.28. The Morgan fingerprint density at radius 3 is 2.14 bits per heavy atom. The summed E-state index contributed by atoms with van der Waals surface area (Å²) in [7, 11) is 1.33. The fourth-order valence-corrected chi connectivity index (χ4v) is 2.49. The highest BCUT2D eigenvalue weighted by Gasteiger charge is 2.37. The van der Waals surface area contributed by atoms with Crippen LogP contribution < -0.4 is 5.32 Å². The van der Waals surface area contributed by atoms with E-state index in [2.05, 4.69) is 10.1 Å². The summed E-state index contributed by atoms with van der Waals surface area (Å²) >= 11 is 0. The van der Waals surface area contributed by atoms with Gasteiger partial charge in [-0.2, -0.15) is 0 Å². The quantitative estimate of drug-likeness (QED) is 0.752. The third-order valence-electron chi connectivity index (χ3n) is 3.56. The lowest BCUT2D eigenvalue weighted by Gasteiger charge is -2.27. The molecule has 2 aliphatic rings. The standard InChI is InChI=1S/C11H19NO4.C5H11N/c1-11(2,3)16-10(14)12-7-5-6-8(12)9(13)15-4;1-2-4-6-5-3-1/h8H,5-7H2,1-4H3;6H,1-5H2. The number of hydrogen-bond donors (Lipinski definition) is 1. The molecule has 0 aromatic rings. The van der Waals surface area contributed by atoms with E-state index in [-0.39, 0.29) is 5.97 Å². The second-order valence-electron chi connectivity index (χ2n) is 6.67. The number of carbonyl (C=O) groups excluding carboxylic acids is 2. The minimum Gasteiger partial charge on any atom is -0.467 e. The van der Waals surface area contributed by atoms with Crippen molar-refractivity contribution in [3.63, 3.8) is 0 Å². The summed E-state index contributed by atoms with van der Waals surface area (Å²) in [6, 6.07) is -0.486. The van der Waals surface area contributed by atoms with E-state index < -0.39 is 17.7 Å². The zero-order valence-corrected chi connectivity index (χ0v) is 14.3. The van der Waals surface area contributed by atoms with Gasteiger partial charge in [-0.15, -0.1) is 0 Å². The summed E-state index contributed by atoms with van der Waals surface area (Å²) in [6.45, 7) is 8.45. The van der Waals surface area contributed by atoms with E-state index in [1.165, 1.54) is 44.4 Å². The van der Waals surface area contributed by atoms with Crippen LogP contribution in [0.2, 0.25) is 0 Å². The fourth-order valence-electron chi connectivity index (χ4n) is 2.49. The van der Waals surface area contributed by atoms with E-state index in [0.717, 1.165) is 6.42 Å². The van der Waals surface area contributed by atoms with Crippen LogP contribution in [0.15, 0.2) is 0 Å². The lowest BCUT2D eigenvalue weighted by atomic mass is 10.2. The molecule has 0 radical (unpaired) electrons. The van der Waals surface area contributed by atoms with Gasteiger partial charge in [0.05, 0.1) is 7.11 Å². The van der Waals surface area contributed by atoms with Crippen LogP contribution in [0.3, 0.4) is 0 Å². The van der Waals surface area contributed by atoms with Crippen molar-refractivity contribution >= 4 is 12.1 Å². The highest BCUT2D eigenvalue weighted by Crippen LogP contribution is 2.21. The molecule has 2 heterocycles. The number of methoxy groups -OCH3 is 1. The van der Waals surface area contributed by atoms with Gasteiger partial charge in [-0.05, 0) is 59.5 Å². The van der Waals surface area contributed by atoms with Crippen LogP contribution >= 0.6 is 0 Å². The Balaban J connectivity index is 0.000000335. The Bertz CT molecular complexity index is 350. The van der Waals surface area contributed by atoms with E-state index >= 15 is 0 Å². The first-order valence-corrected chi connectivity index (χ1v) is 8.13. The number of carbonyl (C=O) groups is 2. The second kappa shape index (κ2) is 8.98. The topological polar surface area (TPSA) is 67.9 Å². The lowest BCUT2D eigenvalue weighted by Crippen LogP contribution is -2.43. The molecule has 0 spiro atoms. The third kappa shape index (κ3) is 6.64. The predicted molar refractivity (Wildman–Crippen MR) is 84.7 cm³/mol. The van der Waals surface area contributed by atoms with E-state index in [1.54, 1.807) is 20.8 Å². The van der Waals surface area contributed by atoms with E-state index in [4.69, 9.17) is 4.74 Å². The summed E-state index contributed by atoms with van der Waals surface area (Å²) in [5.41, 5.74) is -0.541. The molecular weight excluding hydrogens is 284 g/mol. The van der Waals surface area contributed by atoms with Crippen molar-refractivity contribution in [2.75, 3.05) is 26.7 Å². The molecule has 1 N–H and O–H groups in total. The highest BCUT2D eigenvalue weighted by atomic mass is 16.6. The smallest absolute Gasteiger partial charge is 0.411 e. The number of nitrogens with zero attached hydrogens (tertiary/aromatic N) is 1. The first kappa shape index (κ1) is 18.7. The number of hydrogen-bond acceptors (Lipinski definition) is 5. The second-order valence-corrected chi connectivity index (χ2v) is 6.67. The van der Waals surface area contributed by atoms with E-state index in [9.17, 15) is 9.59 Å². The summed E-state index contributed by atoms with van der Waals surface area (Å²) in [6.07, 6.45) is 5.22. The number of esters is 1. The summed E-state index contributed by atoms with van der Waals surface area (Å²) in [5.74, 6) is -0.372. The van der Waals surface area contributed by atoms with Crippen molar-refractivity contribution < 1.29 is 19.1 Å². The molecule has 1 unspecified atom stereocenters. The number of nitrogens with one attached hydrogen (secondary N) is 1. The molecule has 6 heteroatoms. The number of rotatable bonds is 1. The van der Waals surface area contributed by atoms with Gasteiger partial charge < -0.3 is 14.8 Å². The third-order valence-corrected chi connectivity index (χ3v) is 3.56. The Labute approximate surface area is 133 Å². The fraction of sp³-hybridized carbons (Fsp3) is 0.875. The number of amides is 1. The van der Waals surface area contributed by atoms with Gasteiger partial charge in [-0.3, -0.25) is 4.90 Å². The van der Waals surface area contributed by atoms with Crippen LogP contribution in [-0.4, -0.2) is 55.3 Å². The normalized spacial score (nSPS) is 21.6. The van der Waals surface area contributed by atoms with Crippen molar-refractivity contribution in [3.8, 4) is 0 Å². The molecule has 2 rings (SSSR count). The molecule has 128 valence electrons. The van der Waals surface area contributed by atoms with Gasteiger partial charge in [0.25, 0.3) is 0 Å². The van der Waals surface area contributed by atoms with E-state index in [1.807, 2.05) is 0 Å². The van der Waals surface area contributed by atoms with Crippen molar-refractivity contribution in [2.24, 2.45) is 0 Å². The molecule has 1 atom stereocenters. The largest absolute Gasteiger partial charge is 0.467 e. The number of likely N-dealkylation sites (tertiary alicyclic amines) is 1. The molecule has 22 heavy (non-hydrogen) atoms. The Kier molecular flexibility index (Phi) is 7.65. The lowest BCUT2D eigenvalue weighted by molar-refractivity contribution is -0.145. The maximum atomic E-state index is 11.8. The minimum absolute atomic E-state index is 0.372. The molecule has 1 amide bonds. The molecule has 0 aromatic heterocycles. The van der Waals surface area contributed by atoms with Crippen LogP contribution in [0, 0.1) is 0 Å². The van der Waals surface area contributed by atoms with Gasteiger partial charge in [0, 0.05) is 6.54 Å². The molecule has 0 bridgehead atoms. The molecule has 2 aliphatic heterocycles. The summed E-state index contributed by atoms with van der Waals surface area (Å²) in [4.78, 5) is 24.7. The Morgan fingerprint density at radius 1 is 1.09 bits per heavy atom. The molecule has 0 saturated carbocycles. The SMILES string of the molecule is C1CCNCC1.COC(=O)C1CCCN1C(=O)OC(C)(C)C. The average molecular weight is 314 g/mol. The van der Waals surface area contributed by atoms with Gasteiger partial charge in [0.2, 0.25) is 0 Å². The Morgan fingerprint density at radius 2 is 1.73 bits per heavy atom. The molecule has 6 nitrogen and oxygen atoms in total. The van der Waals surface area contributed by atoms with Crippen LogP contribution in [0.25, 0.3) is 0 Å². The van der Waals surface area contributed by atoms with Crippen molar-refractivity contribution in [1.29, 1.82) is 0 Å².